The predicted molar refractivity (Wildman–Crippen MR) is 104 cm³/mol. The molecule has 25 heavy (non-hydrogen) atoms. The van der Waals surface area contributed by atoms with Crippen LogP contribution in [0.5, 0.6) is 0 Å². The summed E-state index contributed by atoms with van der Waals surface area (Å²) in [7, 11) is 3.59. The third kappa shape index (κ3) is 6.17. The van der Waals surface area contributed by atoms with Crippen molar-refractivity contribution in [3.05, 3.63) is 0 Å². The van der Waals surface area contributed by atoms with Crippen molar-refractivity contribution in [2.75, 3.05) is 46.8 Å². The minimum atomic E-state index is 0.160. The molecule has 6 heteroatoms. The zero-order chi connectivity index (χ0) is 18.2. The van der Waals surface area contributed by atoms with Gasteiger partial charge < -0.3 is 20.4 Å². The van der Waals surface area contributed by atoms with Crippen LogP contribution in [0.15, 0.2) is 4.99 Å². The van der Waals surface area contributed by atoms with Crippen molar-refractivity contribution in [1.82, 2.24) is 20.4 Å². The molecular formula is C19H37N5O. The Morgan fingerprint density at radius 3 is 2.48 bits per heavy atom. The molecule has 6 nitrogen and oxygen atoms in total. The van der Waals surface area contributed by atoms with E-state index in [1.54, 1.807) is 7.05 Å². The van der Waals surface area contributed by atoms with E-state index >= 15 is 0 Å². The van der Waals surface area contributed by atoms with Crippen molar-refractivity contribution in [2.45, 2.75) is 52.0 Å². The van der Waals surface area contributed by atoms with Crippen molar-refractivity contribution in [3.8, 4) is 0 Å². The Balaban J connectivity index is 1.75. The number of hydrogen-bond donors (Lipinski definition) is 2. The first-order valence-electron chi connectivity index (χ1n) is 9.93. The molecule has 0 aromatic heterocycles. The molecule has 144 valence electrons. The van der Waals surface area contributed by atoms with Gasteiger partial charge in [0.15, 0.2) is 5.96 Å². The van der Waals surface area contributed by atoms with Crippen molar-refractivity contribution in [3.63, 3.8) is 0 Å². The summed E-state index contributed by atoms with van der Waals surface area (Å²) in [5, 5.41) is 6.34. The second-order valence-electron chi connectivity index (χ2n) is 7.83. The summed E-state index contributed by atoms with van der Waals surface area (Å²) in [5.74, 6) is 2.40. The van der Waals surface area contributed by atoms with Gasteiger partial charge in [-0.25, -0.2) is 0 Å². The van der Waals surface area contributed by atoms with Gasteiger partial charge >= 0.3 is 0 Å². The number of amides is 1. The molecule has 1 unspecified atom stereocenters. The van der Waals surface area contributed by atoms with Crippen molar-refractivity contribution >= 4 is 11.9 Å². The summed E-state index contributed by atoms with van der Waals surface area (Å²) in [6.07, 6.45) is 5.40. The zero-order valence-corrected chi connectivity index (χ0v) is 16.6. The van der Waals surface area contributed by atoms with Crippen LogP contribution in [0.4, 0.5) is 0 Å². The van der Waals surface area contributed by atoms with E-state index in [1.807, 2.05) is 7.05 Å². The number of nitrogens with one attached hydrogen (secondary N) is 2. The molecular weight excluding hydrogens is 314 g/mol. The monoisotopic (exact) mass is 351 g/mol. The molecule has 0 saturated carbocycles. The standard InChI is InChI=1S/C19H37N5O/c1-15(2)24-9-5-6-17(14-24)13-22-19(21-4)23-10-7-16(8-11-23)12-18(25)20-3/h15-17H,5-14H2,1-4H3,(H,20,25)(H,21,22). The molecule has 2 fully saturated rings. The molecule has 2 rings (SSSR count). The zero-order valence-electron chi connectivity index (χ0n) is 16.6. The third-order valence-corrected chi connectivity index (χ3v) is 5.71. The van der Waals surface area contributed by atoms with E-state index < -0.39 is 0 Å². The Labute approximate surface area is 153 Å². The topological polar surface area (TPSA) is 60.0 Å². The maximum absolute atomic E-state index is 11.5. The molecule has 2 aliphatic heterocycles. The minimum Gasteiger partial charge on any atom is -0.359 e. The van der Waals surface area contributed by atoms with E-state index in [9.17, 15) is 4.79 Å². The summed E-state index contributed by atoms with van der Waals surface area (Å²) in [6.45, 7) is 10.00. The number of guanidine groups is 1. The normalized spacial score (nSPS) is 23.8. The maximum atomic E-state index is 11.5. The van der Waals surface area contributed by atoms with Crippen molar-refractivity contribution < 1.29 is 4.79 Å². The summed E-state index contributed by atoms with van der Waals surface area (Å²) in [5.41, 5.74) is 0. The van der Waals surface area contributed by atoms with E-state index in [0.29, 0.717) is 24.3 Å². The minimum absolute atomic E-state index is 0.160. The molecule has 0 aromatic carbocycles. The average molecular weight is 352 g/mol. The highest BCUT2D eigenvalue weighted by Crippen LogP contribution is 2.21. The SMILES string of the molecule is CN=C(NCC1CCCN(C(C)C)C1)N1CCC(CC(=O)NC)CC1. The largest absolute Gasteiger partial charge is 0.359 e. The lowest BCUT2D eigenvalue weighted by atomic mass is 9.93. The lowest BCUT2D eigenvalue weighted by molar-refractivity contribution is -0.121. The smallest absolute Gasteiger partial charge is 0.220 e. The summed E-state index contributed by atoms with van der Waals surface area (Å²) in [4.78, 5) is 21.0. The third-order valence-electron chi connectivity index (χ3n) is 5.71. The quantitative estimate of drug-likeness (QED) is 0.583. The molecule has 0 radical (unpaired) electrons. The van der Waals surface area contributed by atoms with Gasteiger partial charge in [0, 0.05) is 52.7 Å². The molecule has 2 aliphatic rings. The van der Waals surface area contributed by atoms with E-state index in [0.717, 1.165) is 38.4 Å². The molecule has 0 spiro atoms. The fraction of sp³-hybridized carbons (Fsp3) is 0.895. The summed E-state index contributed by atoms with van der Waals surface area (Å²) < 4.78 is 0. The Bertz CT molecular complexity index is 443. The molecule has 0 aliphatic carbocycles. The van der Waals surface area contributed by atoms with Gasteiger partial charge in [-0.3, -0.25) is 9.79 Å². The van der Waals surface area contributed by atoms with Gasteiger partial charge in [-0.15, -0.1) is 0 Å². The fourth-order valence-corrected chi connectivity index (χ4v) is 4.01. The molecule has 0 aromatic rings. The van der Waals surface area contributed by atoms with Gasteiger partial charge in [-0.05, 0) is 57.9 Å². The fourth-order valence-electron chi connectivity index (χ4n) is 4.01. The van der Waals surface area contributed by atoms with Gasteiger partial charge in [0.25, 0.3) is 0 Å². The van der Waals surface area contributed by atoms with Crippen LogP contribution < -0.4 is 10.6 Å². The summed E-state index contributed by atoms with van der Waals surface area (Å²) >= 11 is 0. The predicted octanol–water partition coefficient (Wildman–Crippen LogP) is 1.53. The highest BCUT2D eigenvalue weighted by molar-refractivity contribution is 5.80. The molecule has 2 saturated heterocycles. The van der Waals surface area contributed by atoms with E-state index in [2.05, 4.69) is 39.3 Å². The average Bonchev–Trinajstić information content (AvgIpc) is 2.63. The number of aliphatic imine (C=N–C) groups is 1. The molecule has 0 bridgehead atoms. The Morgan fingerprint density at radius 1 is 1.16 bits per heavy atom. The van der Waals surface area contributed by atoms with E-state index in [4.69, 9.17) is 0 Å². The van der Waals surface area contributed by atoms with Gasteiger partial charge in [0.1, 0.15) is 0 Å². The summed E-state index contributed by atoms with van der Waals surface area (Å²) in [6, 6.07) is 0.640. The van der Waals surface area contributed by atoms with Crippen LogP contribution in [0.3, 0.4) is 0 Å². The van der Waals surface area contributed by atoms with Crippen LogP contribution in [0.25, 0.3) is 0 Å². The van der Waals surface area contributed by atoms with Crippen molar-refractivity contribution in [2.24, 2.45) is 16.8 Å². The number of hydrogen-bond acceptors (Lipinski definition) is 3. The van der Waals surface area contributed by atoms with Gasteiger partial charge in [-0.2, -0.15) is 0 Å². The van der Waals surface area contributed by atoms with Gasteiger partial charge in [0.2, 0.25) is 5.91 Å². The van der Waals surface area contributed by atoms with Crippen LogP contribution in [0.2, 0.25) is 0 Å². The van der Waals surface area contributed by atoms with E-state index in [1.165, 1.54) is 25.9 Å². The number of nitrogens with zero attached hydrogens (tertiary/aromatic N) is 3. The number of carbonyl (C=O) groups excluding carboxylic acids is 1. The first kappa shape index (κ1) is 20.0. The first-order chi connectivity index (χ1) is 12.0. The van der Waals surface area contributed by atoms with Crippen LogP contribution in [0.1, 0.15) is 46.0 Å². The molecule has 1 amide bonds. The Morgan fingerprint density at radius 2 is 1.88 bits per heavy atom. The highest BCUT2D eigenvalue weighted by Gasteiger charge is 2.25. The van der Waals surface area contributed by atoms with Crippen LogP contribution >= 0.6 is 0 Å². The molecule has 2 N–H and O–H groups in total. The van der Waals surface area contributed by atoms with Crippen LogP contribution in [-0.4, -0.2) is 74.5 Å². The number of carbonyl (C=O) groups is 1. The number of likely N-dealkylation sites (tertiary alicyclic amines) is 2. The molecule has 1 atom stereocenters. The van der Waals surface area contributed by atoms with Crippen molar-refractivity contribution in [1.29, 1.82) is 0 Å². The lowest BCUT2D eigenvalue weighted by Gasteiger charge is -2.37. The van der Waals surface area contributed by atoms with Gasteiger partial charge in [0.05, 0.1) is 0 Å². The number of piperidine rings is 2. The van der Waals surface area contributed by atoms with Gasteiger partial charge in [-0.1, -0.05) is 0 Å². The second-order valence-corrected chi connectivity index (χ2v) is 7.83. The Hall–Kier alpha value is -1.30. The Kier molecular flexibility index (Phi) is 8.00. The molecule has 2 heterocycles. The maximum Gasteiger partial charge on any atom is 0.220 e. The van der Waals surface area contributed by atoms with Crippen LogP contribution in [-0.2, 0) is 4.79 Å². The highest BCUT2D eigenvalue weighted by atomic mass is 16.1. The lowest BCUT2D eigenvalue weighted by Crippen LogP contribution is -2.49. The number of rotatable bonds is 5. The first-order valence-corrected chi connectivity index (χ1v) is 9.93. The van der Waals surface area contributed by atoms with Crippen LogP contribution in [0, 0.1) is 11.8 Å². The van der Waals surface area contributed by atoms with E-state index in [-0.39, 0.29) is 5.91 Å². The second kappa shape index (κ2) is 10.00.